The molecule has 76 valence electrons. The molecule has 1 heterocycles. The largest absolute Gasteiger partial charge is 0.377 e. The van der Waals surface area contributed by atoms with Crippen LogP contribution in [0.15, 0.2) is 24.3 Å². The van der Waals surface area contributed by atoms with Crippen molar-refractivity contribution in [2.24, 2.45) is 0 Å². The van der Waals surface area contributed by atoms with Crippen LogP contribution >= 0.6 is 0 Å². The van der Waals surface area contributed by atoms with E-state index in [1.165, 1.54) is 24.1 Å². The van der Waals surface area contributed by atoms with Crippen LogP contribution in [-0.2, 0) is 0 Å². The number of hydrogen-bond acceptors (Lipinski definition) is 2. The highest BCUT2D eigenvalue weighted by atomic mass is 15.1. The van der Waals surface area contributed by atoms with Crippen molar-refractivity contribution in [3.8, 4) is 0 Å². The second-order valence-corrected chi connectivity index (χ2v) is 4.10. The van der Waals surface area contributed by atoms with Crippen molar-refractivity contribution in [1.29, 1.82) is 0 Å². The SMILES string of the molecule is CN(C)c1ccccc1C1CCCN1. The van der Waals surface area contributed by atoms with Crippen LogP contribution in [0.4, 0.5) is 5.69 Å². The van der Waals surface area contributed by atoms with Gasteiger partial charge in [0.15, 0.2) is 0 Å². The Morgan fingerprint density at radius 2 is 2.07 bits per heavy atom. The molecule has 1 aliphatic heterocycles. The fraction of sp³-hybridized carbons (Fsp3) is 0.500. The quantitative estimate of drug-likeness (QED) is 0.769. The summed E-state index contributed by atoms with van der Waals surface area (Å²) >= 11 is 0. The van der Waals surface area contributed by atoms with Crippen molar-refractivity contribution in [1.82, 2.24) is 5.32 Å². The molecule has 1 aromatic rings. The van der Waals surface area contributed by atoms with E-state index in [4.69, 9.17) is 0 Å². The third-order valence-corrected chi connectivity index (χ3v) is 2.85. The highest BCUT2D eigenvalue weighted by Gasteiger charge is 2.19. The summed E-state index contributed by atoms with van der Waals surface area (Å²) in [4.78, 5) is 2.19. The summed E-state index contributed by atoms with van der Waals surface area (Å²) in [7, 11) is 4.21. The molecule has 1 aliphatic rings. The van der Waals surface area contributed by atoms with Gasteiger partial charge in [-0.25, -0.2) is 0 Å². The Kier molecular flexibility index (Phi) is 2.73. The lowest BCUT2D eigenvalue weighted by atomic mass is 10.0. The van der Waals surface area contributed by atoms with Crippen LogP contribution in [0, 0.1) is 0 Å². The monoisotopic (exact) mass is 190 g/mol. The van der Waals surface area contributed by atoms with Gasteiger partial charge in [0.05, 0.1) is 0 Å². The number of hydrogen-bond donors (Lipinski definition) is 1. The zero-order chi connectivity index (χ0) is 9.97. The summed E-state index contributed by atoms with van der Waals surface area (Å²) in [6.07, 6.45) is 2.57. The molecule has 14 heavy (non-hydrogen) atoms. The van der Waals surface area contributed by atoms with Crippen molar-refractivity contribution < 1.29 is 0 Å². The zero-order valence-corrected chi connectivity index (χ0v) is 8.96. The van der Waals surface area contributed by atoms with Gasteiger partial charge in [-0.2, -0.15) is 0 Å². The summed E-state index contributed by atoms with van der Waals surface area (Å²) in [5.74, 6) is 0. The maximum Gasteiger partial charge on any atom is 0.0409 e. The van der Waals surface area contributed by atoms with E-state index in [1.54, 1.807) is 0 Å². The second kappa shape index (κ2) is 4.01. The first-order valence-electron chi connectivity index (χ1n) is 5.28. The fourth-order valence-electron chi connectivity index (χ4n) is 2.14. The van der Waals surface area contributed by atoms with E-state index in [2.05, 4.69) is 48.6 Å². The molecule has 1 saturated heterocycles. The predicted molar refractivity (Wildman–Crippen MR) is 60.7 cm³/mol. The highest BCUT2D eigenvalue weighted by Crippen LogP contribution is 2.30. The first-order chi connectivity index (χ1) is 6.79. The molecule has 1 fully saturated rings. The number of rotatable bonds is 2. The summed E-state index contributed by atoms with van der Waals surface area (Å²) in [6.45, 7) is 1.16. The van der Waals surface area contributed by atoms with E-state index in [9.17, 15) is 0 Å². The average Bonchev–Trinajstić information content (AvgIpc) is 2.70. The van der Waals surface area contributed by atoms with Crippen molar-refractivity contribution in [2.75, 3.05) is 25.5 Å². The Morgan fingerprint density at radius 1 is 1.29 bits per heavy atom. The maximum atomic E-state index is 3.54. The molecule has 0 radical (unpaired) electrons. The van der Waals surface area contributed by atoms with E-state index >= 15 is 0 Å². The van der Waals surface area contributed by atoms with E-state index in [0.29, 0.717) is 6.04 Å². The number of nitrogens with one attached hydrogen (secondary N) is 1. The summed E-state index contributed by atoms with van der Waals surface area (Å²) < 4.78 is 0. The number of benzene rings is 1. The Bertz CT molecular complexity index is 301. The van der Waals surface area contributed by atoms with Crippen molar-refractivity contribution in [3.63, 3.8) is 0 Å². The van der Waals surface area contributed by atoms with Gasteiger partial charge in [0.1, 0.15) is 0 Å². The van der Waals surface area contributed by atoms with Crippen LogP contribution in [0.1, 0.15) is 24.4 Å². The Hall–Kier alpha value is -1.02. The van der Waals surface area contributed by atoms with Crippen molar-refractivity contribution in [2.45, 2.75) is 18.9 Å². The van der Waals surface area contributed by atoms with Gasteiger partial charge in [-0.15, -0.1) is 0 Å². The normalized spacial score (nSPS) is 21.1. The standard InChI is InChI=1S/C12H18N2/c1-14(2)12-8-4-3-6-10(12)11-7-5-9-13-11/h3-4,6,8,11,13H,5,7,9H2,1-2H3. The first-order valence-corrected chi connectivity index (χ1v) is 5.28. The molecule has 0 saturated carbocycles. The van der Waals surface area contributed by atoms with Gasteiger partial charge in [0.25, 0.3) is 0 Å². The van der Waals surface area contributed by atoms with E-state index in [1.807, 2.05) is 0 Å². The zero-order valence-electron chi connectivity index (χ0n) is 8.96. The molecular weight excluding hydrogens is 172 g/mol. The minimum atomic E-state index is 0.564. The molecule has 2 nitrogen and oxygen atoms in total. The number of anilines is 1. The lowest BCUT2D eigenvalue weighted by Crippen LogP contribution is -2.18. The summed E-state index contributed by atoms with van der Waals surface area (Å²) in [6, 6.07) is 9.22. The van der Waals surface area contributed by atoms with E-state index in [0.717, 1.165) is 6.54 Å². The molecule has 1 atom stereocenters. The Balaban J connectivity index is 2.30. The first kappa shape index (κ1) is 9.53. The van der Waals surface area contributed by atoms with Crippen LogP contribution in [0.5, 0.6) is 0 Å². The van der Waals surface area contributed by atoms with Crippen LogP contribution in [0.3, 0.4) is 0 Å². The fourth-order valence-corrected chi connectivity index (χ4v) is 2.14. The topological polar surface area (TPSA) is 15.3 Å². The number of nitrogens with zero attached hydrogens (tertiary/aromatic N) is 1. The minimum Gasteiger partial charge on any atom is -0.377 e. The molecule has 0 aromatic heterocycles. The lowest BCUT2D eigenvalue weighted by Gasteiger charge is -2.21. The molecule has 2 rings (SSSR count). The molecule has 0 aliphatic carbocycles. The van der Waals surface area contributed by atoms with Gasteiger partial charge < -0.3 is 10.2 Å². The molecule has 0 amide bonds. The van der Waals surface area contributed by atoms with Crippen LogP contribution in [0.25, 0.3) is 0 Å². The van der Waals surface area contributed by atoms with Gasteiger partial charge in [-0.1, -0.05) is 18.2 Å². The van der Waals surface area contributed by atoms with Gasteiger partial charge in [0.2, 0.25) is 0 Å². The molecular formula is C12H18N2. The molecule has 0 bridgehead atoms. The van der Waals surface area contributed by atoms with Gasteiger partial charge >= 0.3 is 0 Å². The van der Waals surface area contributed by atoms with Gasteiger partial charge in [-0.3, -0.25) is 0 Å². The maximum absolute atomic E-state index is 3.54. The highest BCUT2D eigenvalue weighted by molar-refractivity contribution is 5.54. The number of para-hydroxylation sites is 1. The van der Waals surface area contributed by atoms with E-state index < -0.39 is 0 Å². The van der Waals surface area contributed by atoms with Crippen LogP contribution in [-0.4, -0.2) is 20.6 Å². The Morgan fingerprint density at radius 3 is 2.71 bits per heavy atom. The smallest absolute Gasteiger partial charge is 0.0409 e. The minimum absolute atomic E-state index is 0.564. The van der Waals surface area contributed by atoms with Crippen LogP contribution in [0.2, 0.25) is 0 Å². The molecule has 0 spiro atoms. The summed E-state index contributed by atoms with van der Waals surface area (Å²) in [5.41, 5.74) is 2.78. The molecule has 1 unspecified atom stereocenters. The molecule has 2 heteroatoms. The third-order valence-electron chi connectivity index (χ3n) is 2.85. The Labute approximate surface area is 85.9 Å². The second-order valence-electron chi connectivity index (χ2n) is 4.10. The van der Waals surface area contributed by atoms with Crippen molar-refractivity contribution in [3.05, 3.63) is 29.8 Å². The lowest BCUT2D eigenvalue weighted by molar-refractivity contribution is 0.647. The molecule has 1 N–H and O–H groups in total. The third kappa shape index (κ3) is 1.75. The van der Waals surface area contributed by atoms with E-state index in [-0.39, 0.29) is 0 Å². The van der Waals surface area contributed by atoms with Crippen molar-refractivity contribution >= 4 is 5.69 Å². The summed E-state index contributed by atoms with van der Waals surface area (Å²) in [5, 5.41) is 3.54. The molecule has 1 aromatic carbocycles. The van der Waals surface area contributed by atoms with Crippen LogP contribution < -0.4 is 10.2 Å². The van der Waals surface area contributed by atoms with Gasteiger partial charge in [0, 0.05) is 25.8 Å². The van der Waals surface area contributed by atoms with Gasteiger partial charge in [-0.05, 0) is 31.0 Å². The predicted octanol–water partition coefficient (Wildman–Crippen LogP) is 2.18. The average molecular weight is 190 g/mol.